The number of rotatable bonds is 4. The molecule has 0 fully saturated rings. The van der Waals surface area contributed by atoms with E-state index in [4.69, 9.17) is 11.6 Å². The van der Waals surface area contributed by atoms with Crippen LogP contribution in [0.3, 0.4) is 0 Å². The normalized spacial score (nSPS) is 12.1. The standard InChI is InChI=1S/C24H22ClN5O2/c1-14-10-15(2)12-18(11-14)27-23(31)22-21(19(13-26)20-4-3-9-30(20)22)29-24(32)28-17-7-5-16(25)6-8-17/h5-8,10-12H,3-4,9H2,1-2H3,(H,27,31)(H2,28,29,32). The Morgan fingerprint density at radius 2 is 1.69 bits per heavy atom. The minimum atomic E-state index is -0.548. The van der Waals surface area contributed by atoms with E-state index in [1.54, 1.807) is 24.3 Å². The zero-order valence-electron chi connectivity index (χ0n) is 17.8. The lowest BCUT2D eigenvalue weighted by atomic mass is 10.1. The van der Waals surface area contributed by atoms with Gasteiger partial charge in [-0.25, -0.2) is 4.79 Å². The number of nitrogens with one attached hydrogen (secondary N) is 3. The van der Waals surface area contributed by atoms with Crippen LogP contribution in [0.25, 0.3) is 0 Å². The lowest BCUT2D eigenvalue weighted by Gasteiger charge is -2.13. The van der Waals surface area contributed by atoms with E-state index in [1.807, 2.05) is 36.6 Å². The van der Waals surface area contributed by atoms with Gasteiger partial charge in [0.15, 0.2) is 0 Å². The van der Waals surface area contributed by atoms with Crippen molar-refractivity contribution in [1.29, 1.82) is 5.26 Å². The summed E-state index contributed by atoms with van der Waals surface area (Å²) in [6.07, 6.45) is 1.51. The van der Waals surface area contributed by atoms with E-state index in [9.17, 15) is 14.9 Å². The summed E-state index contributed by atoms with van der Waals surface area (Å²) >= 11 is 5.89. The second-order valence-electron chi connectivity index (χ2n) is 7.83. The van der Waals surface area contributed by atoms with Crippen LogP contribution >= 0.6 is 11.6 Å². The van der Waals surface area contributed by atoms with Gasteiger partial charge in [-0.15, -0.1) is 0 Å². The average molecular weight is 448 g/mol. The highest BCUT2D eigenvalue weighted by Crippen LogP contribution is 2.34. The summed E-state index contributed by atoms with van der Waals surface area (Å²) in [5, 5.41) is 18.7. The third-order valence-corrected chi connectivity index (χ3v) is 5.57. The first kappa shape index (κ1) is 21.5. The van der Waals surface area contributed by atoms with Crippen LogP contribution in [0.2, 0.25) is 5.02 Å². The molecule has 0 unspecified atom stereocenters. The fourth-order valence-electron chi connectivity index (χ4n) is 4.10. The second kappa shape index (κ2) is 8.77. The van der Waals surface area contributed by atoms with Crippen LogP contribution in [0, 0.1) is 25.2 Å². The number of aromatic nitrogens is 1. The van der Waals surface area contributed by atoms with Gasteiger partial charge in [0.05, 0.1) is 11.3 Å². The first-order valence-electron chi connectivity index (χ1n) is 10.2. The number of amides is 3. The number of hydrogen-bond acceptors (Lipinski definition) is 3. The number of fused-ring (bicyclic) bond motifs is 1. The van der Waals surface area contributed by atoms with Crippen molar-refractivity contribution >= 4 is 40.6 Å². The SMILES string of the molecule is Cc1cc(C)cc(NC(=O)c2c(NC(=O)Nc3ccc(Cl)cc3)c(C#N)c3n2CCC3)c1. The fourth-order valence-corrected chi connectivity index (χ4v) is 4.23. The third-order valence-electron chi connectivity index (χ3n) is 5.31. The van der Waals surface area contributed by atoms with Gasteiger partial charge in [0.25, 0.3) is 5.91 Å². The Morgan fingerprint density at radius 3 is 2.34 bits per heavy atom. The molecule has 1 aliphatic rings. The number of carbonyl (C=O) groups is 2. The zero-order chi connectivity index (χ0) is 22.8. The molecule has 2 aromatic carbocycles. The molecule has 0 aliphatic carbocycles. The highest BCUT2D eigenvalue weighted by atomic mass is 35.5. The Hall–Kier alpha value is -3.76. The molecule has 0 saturated carbocycles. The number of halogens is 1. The Balaban J connectivity index is 1.66. The van der Waals surface area contributed by atoms with Crippen molar-refractivity contribution in [2.24, 2.45) is 0 Å². The van der Waals surface area contributed by atoms with E-state index in [0.717, 1.165) is 23.2 Å². The number of benzene rings is 2. The molecule has 0 radical (unpaired) electrons. The quantitative estimate of drug-likeness (QED) is 0.494. The summed E-state index contributed by atoms with van der Waals surface area (Å²) in [5.74, 6) is -0.374. The molecule has 1 aliphatic heterocycles. The van der Waals surface area contributed by atoms with Crippen molar-refractivity contribution in [3.63, 3.8) is 0 Å². The Kier molecular flexibility index (Phi) is 5.89. The van der Waals surface area contributed by atoms with Gasteiger partial charge in [-0.2, -0.15) is 5.26 Å². The molecule has 0 atom stereocenters. The lowest BCUT2D eigenvalue weighted by Crippen LogP contribution is -2.23. The van der Waals surface area contributed by atoms with Crippen LogP contribution in [0.15, 0.2) is 42.5 Å². The second-order valence-corrected chi connectivity index (χ2v) is 8.27. The first-order chi connectivity index (χ1) is 15.4. The highest BCUT2D eigenvalue weighted by Gasteiger charge is 2.31. The van der Waals surface area contributed by atoms with E-state index >= 15 is 0 Å². The lowest BCUT2D eigenvalue weighted by molar-refractivity contribution is 0.101. The monoisotopic (exact) mass is 447 g/mol. The van der Waals surface area contributed by atoms with E-state index in [1.165, 1.54) is 0 Å². The molecule has 8 heteroatoms. The molecular formula is C24H22ClN5O2. The number of carbonyl (C=O) groups excluding carboxylic acids is 2. The summed E-state index contributed by atoms with van der Waals surface area (Å²) in [6, 6.07) is 14.1. The molecule has 3 N–H and O–H groups in total. The van der Waals surface area contributed by atoms with Crippen LogP contribution in [0.5, 0.6) is 0 Å². The summed E-state index contributed by atoms with van der Waals surface area (Å²) in [6.45, 7) is 4.53. The maximum atomic E-state index is 13.3. The molecule has 0 bridgehead atoms. The van der Waals surface area contributed by atoms with Gasteiger partial charge in [-0.1, -0.05) is 17.7 Å². The van der Waals surface area contributed by atoms with Crippen molar-refractivity contribution < 1.29 is 9.59 Å². The predicted octanol–water partition coefficient (Wildman–Crippen LogP) is 5.47. The van der Waals surface area contributed by atoms with Crippen molar-refractivity contribution in [2.45, 2.75) is 33.2 Å². The molecule has 2 heterocycles. The van der Waals surface area contributed by atoms with Crippen molar-refractivity contribution in [3.8, 4) is 6.07 Å². The molecule has 0 spiro atoms. The third kappa shape index (κ3) is 4.32. The summed E-state index contributed by atoms with van der Waals surface area (Å²) < 4.78 is 1.83. The van der Waals surface area contributed by atoms with Crippen LogP contribution in [-0.4, -0.2) is 16.5 Å². The minimum Gasteiger partial charge on any atom is -0.337 e. The van der Waals surface area contributed by atoms with Crippen molar-refractivity contribution in [2.75, 3.05) is 16.0 Å². The average Bonchev–Trinajstić information content (AvgIpc) is 3.28. The van der Waals surface area contributed by atoms with Gasteiger partial charge < -0.3 is 20.5 Å². The van der Waals surface area contributed by atoms with E-state index in [2.05, 4.69) is 22.0 Å². The Morgan fingerprint density at radius 1 is 1.00 bits per heavy atom. The van der Waals surface area contributed by atoms with Crippen LogP contribution < -0.4 is 16.0 Å². The minimum absolute atomic E-state index is 0.218. The first-order valence-corrected chi connectivity index (χ1v) is 10.6. The van der Waals surface area contributed by atoms with E-state index in [0.29, 0.717) is 34.9 Å². The molecule has 0 saturated heterocycles. The molecular weight excluding hydrogens is 426 g/mol. The number of urea groups is 1. The number of aryl methyl sites for hydroxylation is 2. The number of nitriles is 1. The molecule has 1 aromatic heterocycles. The van der Waals surface area contributed by atoms with Crippen LogP contribution in [0.4, 0.5) is 21.9 Å². The van der Waals surface area contributed by atoms with Gasteiger partial charge in [0, 0.05) is 28.6 Å². The maximum Gasteiger partial charge on any atom is 0.323 e. The number of nitrogens with zero attached hydrogens (tertiary/aromatic N) is 2. The zero-order valence-corrected chi connectivity index (χ0v) is 18.5. The molecule has 7 nitrogen and oxygen atoms in total. The van der Waals surface area contributed by atoms with Crippen molar-refractivity contribution in [3.05, 3.63) is 75.6 Å². The van der Waals surface area contributed by atoms with Crippen molar-refractivity contribution in [1.82, 2.24) is 4.57 Å². The van der Waals surface area contributed by atoms with Gasteiger partial charge in [-0.05, 0) is 74.2 Å². The van der Waals surface area contributed by atoms with E-state index in [-0.39, 0.29) is 17.3 Å². The number of hydrogen-bond donors (Lipinski definition) is 3. The van der Waals surface area contributed by atoms with Gasteiger partial charge in [-0.3, -0.25) is 4.79 Å². The molecule has 162 valence electrons. The molecule has 32 heavy (non-hydrogen) atoms. The van der Waals surface area contributed by atoms with Gasteiger partial charge in [0.2, 0.25) is 0 Å². The summed E-state index contributed by atoms with van der Waals surface area (Å²) in [4.78, 5) is 26.0. The maximum absolute atomic E-state index is 13.3. The summed E-state index contributed by atoms with van der Waals surface area (Å²) in [7, 11) is 0. The Bertz CT molecular complexity index is 1230. The van der Waals surface area contributed by atoms with Crippen LogP contribution in [-0.2, 0) is 13.0 Å². The molecule has 3 amide bonds. The van der Waals surface area contributed by atoms with E-state index < -0.39 is 6.03 Å². The smallest absolute Gasteiger partial charge is 0.323 e. The van der Waals surface area contributed by atoms with Crippen LogP contribution in [0.1, 0.15) is 39.3 Å². The number of anilines is 3. The Labute approximate surface area is 191 Å². The topological polar surface area (TPSA) is 99.0 Å². The molecule has 4 rings (SSSR count). The predicted molar refractivity (Wildman–Crippen MR) is 125 cm³/mol. The highest BCUT2D eigenvalue weighted by molar-refractivity contribution is 6.30. The van der Waals surface area contributed by atoms with Gasteiger partial charge >= 0.3 is 6.03 Å². The summed E-state index contributed by atoms with van der Waals surface area (Å²) in [5.41, 5.74) is 4.84. The van der Waals surface area contributed by atoms with Gasteiger partial charge in [0.1, 0.15) is 11.8 Å². The largest absolute Gasteiger partial charge is 0.337 e. The fraction of sp³-hybridized carbons (Fsp3) is 0.208. The molecule has 3 aromatic rings.